The summed E-state index contributed by atoms with van der Waals surface area (Å²) in [7, 11) is 0. The molecular weight excluding hydrogens is 433 g/mol. The predicted octanol–water partition coefficient (Wildman–Crippen LogP) is 5.56. The average molecular weight is 456 g/mol. The van der Waals surface area contributed by atoms with Gasteiger partial charge in [0.2, 0.25) is 5.91 Å². The molecule has 1 fully saturated rings. The Morgan fingerprint density at radius 3 is 2.52 bits per heavy atom. The van der Waals surface area contributed by atoms with E-state index < -0.39 is 0 Å². The van der Waals surface area contributed by atoms with Gasteiger partial charge in [-0.15, -0.1) is 0 Å². The topological polar surface area (TPSA) is 48.7 Å². The standard InChI is InChI=1S/C24H23Cl2N3O2/c25-21-6-2-1-4-18(21)17-28-11-13-29(14-12-28)23-9-7-19(16-22(23)26)27-24(30)10-8-20-5-3-15-31-20/h1-10,15-16H,11-14,17H2,(H,27,30). The number of benzene rings is 2. The van der Waals surface area contributed by atoms with Crippen LogP contribution < -0.4 is 10.2 Å². The summed E-state index contributed by atoms with van der Waals surface area (Å²) in [6.45, 7) is 4.45. The minimum atomic E-state index is -0.242. The van der Waals surface area contributed by atoms with Crippen LogP contribution in [0.1, 0.15) is 11.3 Å². The van der Waals surface area contributed by atoms with E-state index in [0.717, 1.165) is 49.0 Å². The Morgan fingerprint density at radius 1 is 1.00 bits per heavy atom. The molecule has 0 spiro atoms. The van der Waals surface area contributed by atoms with Crippen molar-refractivity contribution in [2.75, 3.05) is 36.4 Å². The molecule has 1 amide bonds. The van der Waals surface area contributed by atoms with Crippen LogP contribution in [0.2, 0.25) is 10.0 Å². The quantitative estimate of drug-likeness (QED) is 0.494. The van der Waals surface area contributed by atoms with Crippen LogP contribution in [0.3, 0.4) is 0 Å². The summed E-state index contributed by atoms with van der Waals surface area (Å²) in [6.07, 6.45) is 4.61. The predicted molar refractivity (Wildman–Crippen MR) is 127 cm³/mol. The zero-order valence-corrected chi connectivity index (χ0v) is 18.4. The van der Waals surface area contributed by atoms with Crippen LogP contribution in [-0.4, -0.2) is 37.0 Å². The molecule has 0 radical (unpaired) electrons. The highest BCUT2D eigenvalue weighted by molar-refractivity contribution is 6.33. The number of halogens is 2. The Bertz CT molecular complexity index is 1060. The van der Waals surface area contributed by atoms with Crippen molar-refractivity contribution in [2.45, 2.75) is 6.54 Å². The molecule has 5 nitrogen and oxygen atoms in total. The van der Waals surface area contributed by atoms with Crippen LogP contribution in [-0.2, 0) is 11.3 Å². The van der Waals surface area contributed by atoms with E-state index in [4.69, 9.17) is 27.6 Å². The Labute approximate surface area is 191 Å². The summed E-state index contributed by atoms with van der Waals surface area (Å²) >= 11 is 12.8. The minimum Gasteiger partial charge on any atom is -0.465 e. The van der Waals surface area contributed by atoms with Gasteiger partial charge in [0, 0.05) is 49.5 Å². The highest BCUT2D eigenvalue weighted by Gasteiger charge is 2.20. The normalized spacial score (nSPS) is 14.8. The molecular formula is C24H23Cl2N3O2. The number of carbonyl (C=O) groups is 1. The molecule has 2 heterocycles. The van der Waals surface area contributed by atoms with E-state index in [-0.39, 0.29) is 5.91 Å². The van der Waals surface area contributed by atoms with E-state index in [1.165, 1.54) is 6.08 Å². The van der Waals surface area contributed by atoms with Crippen molar-refractivity contribution < 1.29 is 9.21 Å². The number of piperazine rings is 1. The van der Waals surface area contributed by atoms with Gasteiger partial charge in [-0.25, -0.2) is 0 Å². The summed E-state index contributed by atoms with van der Waals surface area (Å²) < 4.78 is 5.18. The monoisotopic (exact) mass is 455 g/mol. The second kappa shape index (κ2) is 10.1. The number of carbonyl (C=O) groups excluding carboxylic acids is 1. The first-order valence-corrected chi connectivity index (χ1v) is 10.9. The summed E-state index contributed by atoms with van der Waals surface area (Å²) in [5.74, 6) is 0.380. The third kappa shape index (κ3) is 5.70. The largest absolute Gasteiger partial charge is 0.465 e. The molecule has 0 saturated carbocycles. The molecule has 3 aromatic rings. The Morgan fingerprint density at radius 2 is 1.81 bits per heavy atom. The van der Waals surface area contributed by atoms with E-state index in [9.17, 15) is 4.79 Å². The van der Waals surface area contributed by atoms with E-state index >= 15 is 0 Å². The molecule has 1 N–H and O–H groups in total. The molecule has 0 aliphatic carbocycles. The molecule has 0 bridgehead atoms. The first-order valence-electron chi connectivity index (χ1n) is 10.1. The van der Waals surface area contributed by atoms with Crippen LogP contribution in [0.5, 0.6) is 0 Å². The SMILES string of the molecule is O=C(C=Cc1ccco1)Nc1ccc(N2CCN(Cc3ccccc3Cl)CC2)c(Cl)c1. The third-order valence-corrected chi connectivity index (χ3v) is 5.89. The fraction of sp³-hybridized carbons (Fsp3) is 0.208. The minimum absolute atomic E-state index is 0.242. The first kappa shape index (κ1) is 21.5. The maximum absolute atomic E-state index is 12.1. The lowest BCUT2D eigenvalue weighted by Gasteiger charge is -2.36. The van der Waals surface area contributed by atoms with Gasteiger partial charge >= 0.3 is 0 Å². The van der Waals surface area contributed by atoms with Gasteiger partial charge < -0.3 is 14.6 Å². The molecule has 0 unspecified atom stereocenters. The second-order valence-corrected chi connectivity index (χ2v) is 8.17. The van der Waals surface area contributed by atoms with Crippen LogP contribution in [0.4, 0.5) is 11.4 Å². The smallest absolute Gasteiger partial charge is 0.248 e. The summed E-state index contributed by atoms with van der Waals surface area (Å²) in [6, 6.07) is 17.1. The molecule has 31 heavy (non-hydrogen) atoms. The Balaban J connectivity index is 1.32. The molecule has 4 rings (SSSR count). The van der Waals surface area contributed by atoms with Crippen molar-refractivity contribution >= 4 is 46.6 Å². The fourth-order valence-electron chi connectivity index (χ4n) is 3.58. The number of rotatable bonds is 6. The zero-order valence-electron chi connectivity index (χ0n) is 16.9. The maximum Gasteiger partial charge on any atom is 0.248 e. The van der Waals surface area contributed by atoms with Gasteiger partial charge in [-0.1, -0.05) is 41.4 Å². The molecule has 1 aliphatic heterocycles. The number of nitrogens with zero attached hydrogens (tertiary/aromatic N) is 2. The van der Waals surface area contributed by atoms with E-state index in [1.54, 1.807) is 30.5 Å². The van der Waals surface area contributed by atoms with Gasteiger partial charge in [-0.2, -0.15) is 0 Å². The lowest BCUT2D eigenvalue weighted by Crippen LogP contribution is -2.46. The zero-order chi connectivity index (χ0) is 21.6. The highest BCUT2D eigenvalue weighted by Crippen LogP contribution is 2.30. The number of amides is 1. The molecule has 2 aromatic carbocycles. The van der Waals surface area contributed by atoms with Crippen LogP contribution in [0, 0.1) is 0 Å². The number of anilines is 2. The first-order chi connectivity index (χ1) is 15.1. The molecule has 1 aliphatic rings. The van der Waals surface area contributed by atoms with Crippen molar-refractivity contribution in [2.24, 2.45) is 0 Å². The number of nitrogens with one attached hydrogen (secondary N) is 1. The van der Waals surface area contributed by atoms with Gasteiger partial charge in [0.1, 0.15) is 5.76 Å². The highest BCUT2D eigenvalue weighted by atomic mass is 35.5. The molecule has 160 valence electrons. The van der Waals surface area contributed by atoms with E-state index in [1.807, 2.05) is 30.3 Å². The van der Waals surface area contributed by atoms with Crippen molar-refractivity contribution in [3.63, 3.8) is 0 Å². The molecule has 7 heteroatoms. The number of hydrogen-bond acceptors (Lipinski definition) is 4. The molecule has 1 aromatic heterocycles. The van der Waals surface area contributed by atoms with Gasteiger partial charge in [-0.3, -0.25) is 9.69 Å². The van der Waals surface area contributed by atoms with Crippen molar-refractivity contribution in [1.82, 2.24) is 4.90 Å². The van der Waals surface area contributed by atoms with Crippen LogP contribution >= 0.6 is 23.2 Å². The Kier molecular flexibility index (Phi) is 6.97. The lowest BCUT2D eigenvalue weighted by molar-refractivity contribution is -0.111. The number of hydrogen-bond donors (Lipinski definition) is 1. The Hall–Kier alpha value is -2.73. The van der Waals surface area contributed by atoms with Gasteiger partial charge in [0.05, 0.1) is 17.0 Å². The summed E-state index contributed by atoms with van der Waals surface area (Å²) in [4.78, 5) is 16.8. The van der Waals surface area contributed by atoms with Gasteiger partial charge in [0.15, 0.2) is 0 Å². The molecule has 0 atom stereocenters. The van der Waals surface area contributed by atoms with Crippen molar-refractivity contribution in [3.8, 4) is 0 Å². The maximum atomic E-state index is 12.1. The second-order valence-electron chi connectivity index (χ2n) is 7.36. The summed E-state index contributed by atoms with van der Waals surface area (Å²) in [5, 5.41) is 4.25. The van der Waals surface area contributed by atoms with Gasteiger partial charge in [-0.05, 0) is 48.0 Å². The number of furan rings is 1. The van der Waals surface area contributed by atoms with Gasteiger partial charge in [0.25, 0.3) is 0 Å². The van der Waals surface area contributed by atoms with E-state index in [2.05, 4.69) is 21.2 Å². The molecule has 1 saturated heterocycles. The van der Waals surface area contributed by atoms with E-state index in [0.29, 0.717) is 16.5 Å². The fourth-order valence-corrected chi connectivity index (χ4v) is 4.08. The third-order valence-electron chi connectivity index (χ3n) is 5.22. The summed E-state index contributed by atoms with van der Waals surface area (Å²) in [5.41, 5.74) is 2.78. The van der Waals surface area contributed by atoms with Crippen LogP contribution in [0.25, 0.3) is 6.08 Å². The van der Waals surface area contributed by atoms with Crippen molar-refractivity contribution in [3.05, 3.63) is 88.3 Å². The van der Waals surface area contributed by atoms with Crippen LogP contribution in [0.15, 0.2) is 71.4 Å². The van der Waals surface area contributed by atoms with Crippen molar-refractivity contribution in [1.29, 1.82) is 0 Å². The average Bonchev–Trinajstić information content (AvgIpc) is 3.29. The lowest BCUT2D eigenvalue weighted by atomic mass is 10.2.